The Kier molecular flexibility index (Phi) is 20.5. The van der Waals surface area contributed by atoms with Gasteiger partial charge in [0.2, 0.25) is 0 Å². The Balaban J connectivity index is 1.86. The molecular weight excluding hydrogens is 1160 g/mol. The number of carbonyl (C=O) groups excluding carboxylic acids is 3. The highest BCUT2D eigenvalue weighted by molar-refractivity contribution is 6.21. The number of carbonyl (C=O) groups is 3. The molecule has 0 fully saturated rings. The van der Waals surface area contributed by atoms with Crippen LogP contribution in [-0.2, 0) is 14.2 Å². The molecular formula is C75H48N12O6. The summed E-state index contributed by atoms with van der Waals surface area (Å²) in [5, 5.41) is 134. The minimum absolute atomic E-state index is 0.0941. The van der Waals surface area contributed by atoms with E-state index in [-0.39, 0.29) is 84.5 Å². The molecule has 18 heteroatoms. The monoisotopic (exact) mass is 1210 g/mol. The van der Waals surface area contributed by atoms with E-state index in [0.717, 1.165) is 21.3 Å². The molecule has 0 heterocycles. The Morgan fingerprint density at radius 2 is 0.484 bits per heavy atom. The van der Waals surface area contributed by atoms with Crippen LogP contribution in [0.4, 0.5) is 0 Å². The zero-order chi connectivity index (χ0) is 68.1. The first-order valence-corrected chi connectivity index (χ1v) is 28.1. The van der Waals surface area contributed by atoms with Crippen LogP contribution in [0, 0.1) is 136 Å². The number of allylic oxidation sites excluding steroid dienone is 12. The maximum Gasteiger partial charge on any atom is 0.338 e. The van der Waals surface area contributed by atoms with E-state index in [1.165, 1.54) is 36.4 Å². The predicted molar refractivity (Wildman–Crippen MR) is 341 cm³/mol. The highest BCUT2D eigenvalue weighted by atomic mass is 16.5. The Morgan fingerprint density at radius 1 is 0.280 bits per heavy atom. The highest BCUT2D eigenvalue weighted by Crippen LogP contribution is 2.51. The first-order valence-electron chi connectivity index (χ1n) is 28.1. The fraction of sp³-hybridized carbons (Fsp3) is 0.160. The Labute approximate surface area is 536 Å². The highest BCUT2D eigenvalue weighted by Gasteiger charge is 2.35. The van der Waals surface area contributed by atoms with Crippen molar-refractivity contribution in [3.8, 4) is 106 Å². The van der Waals surface area contributed by atoms with Crippen LogP contribution < -0.4 is 0 Å². The summed E-state index contributed by atoms with van der Waals surface area (Å²) in [5.74, 6) is -3.07. The molecule has 0 atom stereocenters. The van der Waals surface area contributed by atoms with Crippen molar-refractivity contribution in [2.75, 3.05) is 21.3 Å². The lowest BCUT2D eigenvalue weighted by Crippen LogP contribution is -2.05. The Bertz CT molecular complexity index is 4440. The molecule has 0 amide bonds. The molecule has 0 spiro atoms. The van der Waals surface area contributed by atoms with Crippen LogP contribution in [0.5, 0.6) is 0 Å². The van der Waals surface area contributed by atoms with Crippen LogP contribution in [-0.4, -0.2) is 39.2 Å². The SMILES string of the molecule is COC(=O)c1cc(C(=C(C#N)C#N)C(=C(C#N)C#N)c2cc(C(=C(C#N)C#N)C(=C(C#N)C#N)c3cc(C(=O)OC)c4cc(C(C)C)cccc3-4)cc(C(=C(C#N)C#N)C(=C(C#N)C#N)c3cc(C(=O)OC)c4cc(C(C)C)cccc3-4)c2)c2cccc(C(C)C)cc1-2. The van der Waals surface area contributed by atoms with Crippen molar-refractivity contribution in [2.24, 2.45) is 0 Å². The van der Waals surface area contributed by atoms with Crippen molar-refractivity contribution in [2.45, 2.75) is 59.3 Å². The third-order valence-electron chi connectivity index (χ3n) is 15.5. The average molecular weight is 1210 g/mol. The number of hydrogen-bond donors (Lipinski definition) is 0. The quantitative estimate of drug-likeness (QED) is 0.0398. The lowest BCUT2D eigenvalue weighted by Gasteiger charge is -2.21. The van der Waals surface area contributed by atoms with Gasteiger partial charge in [-0.15, -0.1) is 0 Å². The lowest BCUT2D eigenvalue weighted by molar-refractivity contribution is 0.0593. The van der Waals surface area contributed by atoms with Crippen molar-refractivity contribution in [1.29, 1.82) is 63.1 Å². The number of rotatable bonds is 15. The van der Waals surface area contributed by atoms with Crippen molar-refractivity contribution in [1.82, 2.24) is 0 Å². The van der Waals surface area contributed by atoms with E-state index >= 15 is 0 Å². The fourth-order valence-electron chi connectivity index (χ4n) is 11.0. The van der Waals surface area contributed by atoms with Crippen molar-refractivity contribution >= 4 is 51.3 Å². The van der Waals surface area contributed by atoms with Crippen LogP contribution in [0.2, 0.25) is 0 Å². The molecule has 0 radical (unpaired) electrons. The maximum atomic E-state index is 13.9. The molecule has 0 saturated carbocycles. The van der Waals surface area contributed by atoms with Crippen LogP contribution >= 0.6 is 0 Å². The summed E-state index contributed by atoms with van der Waals surface area (Å²) < 4.78 is 15.8. The zero-order valence-electron chi connectivity index (χ0n) is 51.4. The average Bonchev–Trinajstić information content (AvgIpc) is 1.73. The molecule has 18 nitrogen and oxygen atoms in total. The second kappa shape index (κ2) is 28.7. The van der Waals surface area contributed by atoms with Gasteiger partial charge < -0.3 is 14.2 Å². The van der Waals surface area contributed by atoms with E-state index in [1.54, 1.807) is 72.8 Å². The van der Waals surface area contributed by atoms with Crippen LogP contribution in [0.3, 0.4) is 0 Å². The Morgan fingerprint density at radius 3 is 0.667 bits per heavy atom. The molecule has 444 valence electrons. The minimum atomic E-state index is -0.882. The molecule has 0 aromatic heterocycles. The van der Waals surface area contributed by atoms with Gasteiger partial charge in [-0.05, 0) is 138 Å². The standard InChI is InChI=1S/C75H48N12O6/c1-40(2)43-13-10-16-55-58(22-43)64(73(88)91-7)25-61(55)70(52(34-82)35-83)67(49(28-76)29-77)46-19-47(68(50(30-78)31-79)71(53(36-84)37-85)62-26-65(74(89)92-8)59-23-44(41(3)4)14-11-17-56(59)62)21-48(20-46)69(51(32-80)33-81)72(54(38-86)39-87)63-27-66(75(90)93-9)60-24-45(42(5)6)15-12-18-57(60)63/h10-27,40-42H,1-9H3. The van der Waals surface area contributed by atoms with Gasteiger partial charge in [0, 0.05) is 33.4 Å². The first kappa shape index (κ1) is 66.6. The normalized spacial score (nSPS) is 10.1. The number of methoxy groups -OCH3 is 3. The number of esters is 3. The van der Waals surface area contributed by atoms with Crippen molar-refractivity contribution in [3.05, 3.63) is 209 Å². The molecule has 7 rings (SSSR count). The summed E-state index contributed by atoms with van der Waals surface area (Å²) in [7, 11) is 3.37. The molecule has 93 heavy (non-hydrogen) atoms. The van der Waals surface area contributed by atoms with E-state index in [0.29, 0.717) is 16.7 Å². The van der Waals surface area contributed by atoms with E-state index in [1.807, 2.05) is 114 Å². The minimum Gasteiger partial charge on any atom is -0.465 e. The van der Waals surface area contributed by atoms with Crippen LogP contribution in [0.25, 0.3) is 66.8 Å². The van der Waals surface area contributed by atoms with Gasteiger partial charge in [0.1, 0.15) is 106 Å². The summed E-state index contributed by atoms with van der Waals surface area (Å²) in [6.07, 6.45) is 0. The summed E-state index contributed by atoms with van der Waals surface area (Å²) >= 11 is 0. The topological polar surface area (TPSA) is 364 Å². The van der Waals surface area contributed by atoms with E-state index in [9.17, 15) is 77.5 Å². The van der Waals surface area contributed by atoms with Gasteiger partial charge in [0.05, 0.1) is 38.0 Å². The molecule has 6 aliphatic carbocycles. The van der Waals surface area contributed by atoms with Crippen LogP contribution in [0.1, 0.15) is 140 Å². The van der Waals surface area contributed by atoms with E-state index < -0.39 is 101 Å². The summed E-state index contributed by atoms with van der Waals surface area (Å²) in [6.45, 7) is 11.4. The largest absolute Gasteiger partial charge is 0.465 e. The number of nitriles is 12. The van der Waals surface area contributed by atoms with Gasteiger partial charge in [0.15, 0.2) is 0 Å². The zero-order valence-corrected chi connectivity index (χ0v) is 51.4. The molecule has 1 aromatic carbocycles. The molecule has 0 saturated heterocycles. The summed E-state index contributed by atoms with van der Waals surface area (Å²) in [6, 6.07) is 49.6. The number of fused-ring (bicyclic) bond motifs is 3. The first-order chi connectivity index (χ1) is 44.7. The number of nitrogens with zero attached hydrogens (tertiary/aromatic N) is 12. The van der Waals surface area contributed by atoms with Crippen molar-refractivity contribution < 1.29 is 28.6 Å². The number of benzene rings is 1. The second-order valence-electron chi connectivity index (χ2n) is 21.5. The summed E-state index contributed by atoms with van der Waals surface area (Å²) in [4.78, 5) is 41.8. The van der Waals surface area contributed by atoms with Crippen molar-refractivity contribution in [3.63, 3.8) is 0 Å². The molecule has 1 aromatic rings. The number of hydrogen-bond acceptors (Lipinski definition) is 18. The van der Waals surface area contributed by atoms with Gasteiger partial charge in [-0.2, -0.15) is 63.1 Å². The molecule has 0 N–H and O–H groups in total. The second-order valence-corrected chi connectivity index (χ2v) is 21.5. The van der Waals surface area contributed by atoms with Crippen LogP contribution in [0.15, 0.2) is 143 Å². The van der Waals surface area contributed by atoms with Gasteiger partial charge in [-0.25, -0.2) is 14.4 Å². The van der Waals surface area contributed by atoms with E-state index in [4.69, 9.17) is 14.2 Å². The summed E-state index contributed by atoms with van der Waals surface area (Å²) in [5.41, 5.74) is -6.60. The van der Waals surface area contributed by atoms with E-state index in [2.05, 4.69) is 0 Å². The lowest BCUT2D eigenvalue weighted by atomic mass is 9.78. The third kappa shape index (κ3) is 12.5. The van der Waals surface area contributed by atoms with Gasteiger partial charge in [-0.3, -0.25) is 0 Å². The van der Waals surface area contributed by atoms with Gasteiger partial charge in [0.25, 0.3) is 0 Å². The fourth-order valence-corrected chi connectivity index (χ4v) is 11.0. The van der Waals surface area contributed by atoms with Gasteiger partial charge >= 0.3 is 17.9 Å². The molecule has 6 aliphatic rings. The molecule has 0 aliphatic heterocycles. The maximum absolute atomic E-state index is 13.9. The Hall–Kier alpha value is -14.0. The smallest absolute Gasteiger partial charge is 0.338 e. The van der Waals surface area contributed by atoms with Gasteiger partial charge in [-0.1, -0.05) is 114 Å². The number of ether oxygens (including phenoxy) is 3. The molecule has 0 bridgehead atoms. The predicted octanol–water partition coefficient (Wildman–Crippen LogP) is 14.6. The molecule has 0 unspecified atom stereocenters. The third-order valence-corrected chi connectivity index (χ3v) is 15.5.